The van der Waals surface area contributed by atoms with Gasteiger partial charge in [-0.05, 0) is 31.6 Å². The number of carbonyl (C=O) groups is 1. The molecule has 2 heteroatoms. The van der Waals surface area contributed by atoms with Crippen LogP contribution in [-0.4, -0.2) is 12.6 Å². The predicted molar refractivity (Wildman–Crippen MR) is 75.4 cm³/mol. The first-order valence-corrected chi connectivity index (χ1v) is 7.42. The fourth-order valence-corrected chi connectivity index (χ4v) is 2.28. The molecule has 0 N–H and O–H groups in total. The summed E-state index contributed by atoms with van der Waals surface area (Å²) in [5.41, 5.74) is -0.478. The van der Waals surface area contributed by atoms with Crippen LogP contribution in [-0.2, 0) is 9.53 Å². The van der Waals surface area contributed by atoms with Crippen LogP contribution in [0.15, 0.2) is 0 Å². The van der Waals surface area contributed by atoms with E-state index in [9.17, 15) is 4.79 Å². The molecule has 1 saturated carbocycles. The Labute approximate surface area is 112 Å². The Bertz CT molecular complexity index is 267. The molecule has 0 radical (unpaired) electrons. The van der Waals surface area contributed by atoms with Crippen molar-refractivity contribution in [3.05, 3.63) is 0 Å². The molecule has 1 rings (SSSR count). The highest BCUT2D eigenvalue weighted by molar-refractivity contribution is 5.76. The normalized spacial score (nSPS) is 18.7. The smallest absolute Gasteiger partial charge is 0.312 e. The fourth-order valence-electron chi connectivity index (χ4n) is 2.28. The van der Waals surface area contributed by atoms with E-state index in [4.69, 9.17) is 4.74 Å². The summed E-state index contributed by atoms with van der Waals surface area (Å²) in [5.74, 6) is 0.732. The Morgan fingerprint density at radius 3 is 2.11 bits per heavy atom. The zero-order valence-electron chi connectivity index (χ0n) is 12.8. The third-order valence-corrected chi connectivity index (χ3v) is 4.87. The van der Waals surface area contributed by atoms with Gasteiger partial charge in [-0.25, -0.2) is 0 Å². The zero-order valence-corrected chi connectivity index (χ0v) is 12.8. The first-order chi connectivity index (χ1) is 8.25. The van der Waals surface area contributed by atoms with Gasteiger partial charge in [0.25, 0.3) is 0 Å². The summed E-state index contributed by atoms with van der Waals surface area (Å²) in [6.45, 7) is 10.8. The van der Waals surface area contributed by atoms with Crippen molar-refractivity contribution in [2.75, 3.05) is 6.61 Å². The van der Waals surface area contributed by atoms with Gasteiger partial charge in [-0.1, -0.05) is 52.9 Å². The highest BCUT2D eigenvalue weighted by Crippen LogP contribution is 2.39. The van der Waals surface area contributed by atoms with Crippen molar-refractivity contribution in [1.82, 2.24) is 0 Å². The third-order valence-electron chi connectivity index (χ3n) is 4.87. The van der Waals surface area contributed by atoms with E-state index in [1.807, 2.05) is 13.8 Å². The lowest BCUT2D eigenvalue weighted by Crippen LogP contribution is -2.39. The Kier molecular flexibility index (Phi) is 5.24. The molecule has 0 aromatic heterocycles. The molecule has 0 spiro atoms. The first-order valence-electron chi connectivity index (χ1n) is 7.42. The number of esters is 1. The van der Waals surface area contributed by atoms with E-state index < -0.39 is 5.41 Å². The van der Waals surface area contributed by atoms with Crippen LogP contribution in [0.5, 0.6) is 0 Å². The SMILES string of the molecule is CC(C)(C)C(C)(C)C(=O)OCCC1CCCCC1. The van der Waals surface area contributed by atoms with Crippen LogP contribution in [0.4, 0.5) is 0 Å². The van der Waals surface area contributed by atoms with E-state index in [-0.39, 0.29) is 11.4 Å². The highest BCUT2D eigenvalue weighted by atomic mass is 16.5. The number of rotatable bonds is 4. The maximum atomic E-state index is 12.1. The molecular weight excluding hydrogens is 224 g/mol. The lowest BCUT2D eigenvalue weighted by Gasteiger charge is -2.36. The van der Waals surface area contributed by atoms with Crippen molar-refractivity contribution in [2.24, 2.45) is 16.7 Å². The summed E-state index contributed by atoms with van der Waals surface area (Å²) in [6.07, 6.45) is 7.78. The molecular formula is C16H30O2. The molecule has 0 amide bonds. The molecule has 1 fully saturated rings. The molecule has 0 saturated heterocycles. The van der Waals surface area contributed by atoms with Gasteiger partial charge in [-0.3, -0.25) is 4.79 Å². The van der Waals surface area contributed by atoms with Gasteiger partial charge in [0, 0.05) is 0 Å². The quantitative estimate of drug-likeness (QED) is 0.687. The zero-order chi connectivity index (χ0) is 13.8. The molecule has 0 atom stereocenters. The van der Waals surface area contributed by atoms with E-state index in [1.54, 1.807) is 0 Å². The third kappa shape index (κ3) is 4.00. The van der Waals surface area contributed by atoms with Gasteiger partial charge in [0.05, 0.1) is 12.0 Å². The van der Waals surface area contributed by atoms with Gasteiger partial charge in [0.2, 0.25) is 0 Å². The Balaban J connectivity index is 2.32. The predicted octanol–water partition coefficient (Wildman–Crippen LogP) is 4.57. The minimum absolute atomic E-state index is 0.0502. The average Bonchev–Trinajstić information content (AvgIpc) is 2.28. The molecule has 0 bridgehead atoms. The lowest BCUT2D eigenvalue weighted by atomic mass is 9.69. The molecule has 0 unspecified atom stereocenters. The van der Waals surface area contributed by atoms with Crippen LogP contribution in [0, 0.1) is 16.7 Å². The van der Waals surface area contributed by atoms with Gasteiger partial charge in [-0.2, -0.15) is 0 Å². The summed E-state index contributed by atoms with van der Waals surface area (Å²) < 4.78 is 5.50. The van der Waals surface area contributed by atoms with E-state index in [0.717, 1.165) is 12.3 Å². The molecule has 0 aromatic rings. The van der Waals surface area contributed by atoms with Gasteiger partial charge in [0.1, 0.15) is 0 Å². The van der Waals surface area contributed by atoms with Gasteiger partial charge in [0.15, 0.2) is 0 Å². The standard InChI is InChI=1S/C16H30O2/c1-15(2,3)16(4,5)14(17)18-12-11-13-9-7-6-8-10-13/h13H,6-12H2,1-5H3. The van der Waals surface area contributed by atoms with E-state index in [1.165, 1.54) is 32.1 Å². The second kappa shape index (κ2) is 6.08. The summed E-state index contributed by atoms with van der Waals surface area (Å²) in [6, 6.07) is 0. The van der Waals surface area contributed by atoms with Crippen LogP contribution >= 0.6 is 0 Å². The van der Waals surface area contributed by atoms with E-state index in [2.05, 4.69) is 20.8 Å². The summed E-state index contributed by atoms with van der Waals surface area (Å²) in [4.78, 5) is 12.1. The van der Waals surface area contributed by atoms with Crippen LogP contribution in [0.3, 0.4) is 0 Å². The second-order valence-corrected chi connectivity index (χ2v) is 7.30. The molecule has 0 aliphatic heterocycles. The van der Waals surface area contributed by atoms with Crippen molar-refractivity contribution in [2.45, 2.75) is 73.1 Å². The molecule has 1 aliphatic carbocycles. The summed E-state index contributed by atoms with van der Waals surface area (Å²) in [5, 5.41) is 0. The van der Waals surface area contributed by atoms with Gasteiger partial charge in [-0.15, -0.1) is 0 Å². The van der Waals surface area contributed by atoms with Crippen molar-refractivity contribution >= 4 is 5.97 Å². The van der Waals surface area contributed by atoms with Gasteiger partial charge >= 0.3 is 5.97 Å². The minimum atomic E-state index is -0.417. The van der Waals surface area contributed by atoms with Crippen LogP contribution < -0.4 is 0 Å². The Hall–Kier alpha value is -0.530. The largest absolute Gasteiger partial charge is 0.465 e. The first kappa shape index (κ1) is 15.5. The second-order valence-electron chi connectivity index (χ2n) is 7.30. The maximum Gasteiger partial charge on any atom is 0.312 e. The van der Waals surface area contributed by atoms with Crippen LogP contribution in [0.25, 0.3) is 0 Å². The Morgan fingerprint density at radius 2 is 1.61 bits per heavy atom. The fraction of sp³-hybridized carbons (Fsp3) is 0.938. The molecule has 0 heterocycles. The summed E-state index contributed by atoms with van der Waals surface area (Å²) >= 11 is 0. The maximum absolute atomic E-state index is 12.1. The highest BCUT2D eigenvalue weighted by Gasteiger charge is 2.41. The lowest BCUT2D eigenvalue weighted by molar-refractivity contribution is -0.160. The van der Waals surface area contributed by atoms with Crippen molar-refractivity contribution in [3.8, 4) is 0 Å². The topological polar surface area (TPSA) is 26.3 Å². The minimum Gasteiger partial charge on any atom is -0.465 e. The average molecular weight is 254 g/mol. The van der Waals surface area contributed by atoms with E-state index >= 15 is 0 Å². The number of ether oxygens (including phenoxy) is 1. The van der Waals surface area contributed by atoms with Crippen LogP contribution in [0.2, 0.25) is 0 Å². The van der Waals surface area contributed by atoms with Crippen molar-refractivity contribution in [1.29, 1.82) is 0 Å². The Morgan fingerprint density at radius 1 is 1.06 bits per heavy atom. The number of hydrogen-bond acceptors (Lipinski definition) is 2. The number of hydrogen-bond donors (Lipinski definition) is 0. The molecule has 18 heavy (non-hydrogen) atoms. The number of carbonyl (C=O) groups excluding carboxylic acids is 1. The molecule has 1 aliphatic rings. The molecule has 2 nitrogen and oxygen atoms in total. The van der Waals surface area contributed by atoms with E-state index in [0.29, 0.717) is 6.61 Å². The van der Waals surface area contributed by atoms with Crippen molar-refractivity contribution < 1.29 is 9.53 Å². The van der Waals surface area contributed by atoms with Crippen molar-refractivity contribution in [3.63, 3.8) is 0 Å². The monoisotopic (exact) mass is 254 g/mol. The molecule has 0 aromatic carbocycles. The summed E-state index contributed by atoms with van der Waals surface area (Å²) in [7, 11) is 0. The molecule has 106 valence electrons. The van der Waals surface area contributed by atoms with Gasteiger partial charge < -0.3 is 4.74 Å². The van der Waals surface area contributed by atoms with Crippen LogP contribution in [0.1, 0.15) is 73.1 Å².